The maximum absolute atomic E-state index is 10.5. The number of benzene rings is 1. The van der Waals surface area contributed by atoms with Crippen LogP contribution in [0.15, 0.2) is 36.5 Å². The molecular weight excluding hydrogens is 324 g/mol. The first kappa shape index (κ1) is 16.9. The van der Waals surface area contributed by atoms with E-state index in [4.69, 9.17) is 11.6 Å². The summed E-state index contributed by atoms with van der Waals surface area (Å²) in [6.45, 7) is 6.55. The van der Waals surface area contributed by atoms with E-state index in [-0.39, 0.29) is 6.04 Å². The normalized spacial score (nSPS) is 14.0. The third kappa shape index (κ3) is 3.43. The van der Waals surface area contributed by atoms with Crippen LogP contribution in [0.1, 0.15) is 35.7 Å². The van der Waals surface area contributed by atoms with Crippen LogP contribution in [0.5, 0.6) is 0 Å². The number of nitrogens with zero attached hydrogens (tertiary/aromatic N) is 3. The molecule has 5 nitrogen and oxygen atoms in total. The van der Waals surface area contributed by atoms with Gasteiger partial charge in [-0.25, -0.2) is 9.97 Å². The fraction of sp³-hybridized carbons (Fsp3) is 0.333. The smallest absolute Gasteiger partial charge is 0.234 e. The molecule has 0 spiro atoms. The maximum atomic E-state index is 10.5. The predicted molar refractivity (Wildman–Crippen MR) is 95.2 cm³/mol. The fourth-order valence-corrected chi connectivity index (χ4v) is 2.97. The molecule has 0 saturated carbocycles. The average molecular weight is 345 g/mol. The quantitative estimate of drug-likeness (QED) is 0.746. The Labute approximate surface area is 146 Å². The van der Waals surface area contributed by atoms with Gasteiger partial charge in [0.1, 0.15) is 0 Å². The summed E-state index contributed by atoms with van der Waals surface area (Å²) < 4.78 is 2.03. The van der Waals surface area contributed by atoms with Crippen LogP contribution in [0.25, 0.3) is 5.78 Å². The standard InChI is InChI=1S/C18H21ClN4O/c1-11-8-12(2)23-16(10-21-18(23)22-11)9-20-13(3)17(24)14-4-6-15(19)7-5-14/h4-8,10,13,17,20,24H,9H2,1-3H3. The Morgan fingerprint density at radius 1 is 1.25 bits per heavy atom. The summed E-state index contributed by atoms with van der Waals surface area (Å²) >= 11 is 5.89. The highest BCUT2D eigenvalue weighted by molar-refractivity contribution is 6.30. The molecule has 1 aromatic carbocycles. The third-order valence-electron chi connectivity index (χ3n) is 4.15. The minimum absolute atomic E-state index is 0.115. The lowest BCUT2D eigenvalue weighted by atomic mass is 10.0. The van der Waals surface area contributed by atoms with E-state index in [1.807, 2.05) is 49.6 Å². The zero-order valence-electron chi connectivity index (χ0n) is 14.0. The van der Waals surface area contributed by atoms with Crippen LogP contribution in [0.3, 0.4) is 0 Å². The second-order valence-electron chi connectivity index (χ2n) is 6.09. The molecule has 2 heterocycles. The van der Waals surface area contributed by atoms with Crippen molar-refractivity contribution in [1.29, 1.82) is 0 Å². The maximum Gasteiger partial charge on any atom is 0.234 e. The van der Waals surface area contributed by atoms with Gasteiger partial charge in [-0.3, -0.25) is 4.40 Å². The molecule has 24 heavy (non-hydrogen) atoms. The van der Waals surface area contributed by atoms with Crippen LogP contribution in [-0.4, -0.2) is 25.5 Å². The van der Waals surface area contributed by atoms with E-state index < -0.39 is 6.10 Å². The molecule has 3 aromatic rings. The first-order valence-electron chi connectivity index (χ1n) is 7.93. The summed E-state index contributed by atoms with van der Waals surface area (Å²) in [6.07, 6.45) is 1.21. The summed E-state index contributed by atoms with van der Waals surface area (Å²) in [5.74, 6) is 0.704. The topological polar surface area (TPSA) is 62.5 Å². The van der Waals surface area contributed by atoms with Gasteiger partial charge in [-0.2, -0.15) is 0 Å². The highest BCUT2D eigenvalue weighted by Gasteiger charge is 2.17. The Morgan fingerprint density at radius 3 is 2.67 bits per heavy atom. The molecule has 0 bridgehead atoms. The molecule has 2 aromatic heterocycles. The minimum Gasteiger partial charge on any atom is -0.387 e. The zero-order valence-corrected chi connectivity index (χ0v) is 14.7. The fourth-order valence-electron chi connectivity index (χ4n) is 2.85. The van der Waals surface area contributed by atoms with Gasteiger partial charge in [0.05, 0.1) is 18.0 Å². The zero-order chi connectivity index (χ0) is 17.3. The second-order valence-corrected chi connectivity index (χ2v) is 6.53. The van der Waals surface area contributed by atoms with Crippen molar-refractivity contribution in [3.8, 4) is 0 Å². The van der Waals surface area contributed by atoms with Crippen molar-refractivity contribution in [2.24, 2.45) is 0 Å². The van der Waals surface area contributed by atoms with Gasteiger partial charge < -0.3 is 10.4 Å². The van der Waals surface area contributed by atoms with Gasteiger partial charge in [0.15, 0.2) is 0 Å². The summed E-state index contributed by atoms with van der Waals surface area (Å²) in [5.41, 5.74) is 3.91. The number of aromatic nitrogens is 3. The minimum atomic E-state index is -0.608. The summed E-state index contributed by atoms with van der Waals surface area (Å²) in [5, 5.41) is 14.5. The van der Waals surface area contributed by atoms with E-state index in [2.05, 4.69) is 15.3 Å². The van der Waals surface area contributed by atoms with Gasteiger partial charge in [0.2, 0.25) is 5.78 Å². The Hall–Kier alpha value is -1.95. The van der Waals surface area contributed by atoms with Crippen LogP contribution in [0, 0.1) is 13.8 Å². The van der Waals surface area contributed by atoms with Crippen LogP contribution in [0.4, 0.5) is 0 Å². The Balaban J connectivity index is 1.72. The SMILES string of the molecule is Cc1cc(C)n2c(CNC(C)C(O)c3ccc(Cl)cc3)cnc2n1. The summed E-state index contributed by atoms with van der Waals surface area (Å²) in [6, 6.07) is 9.18. The number of aliphatic hydroxyl groups is 1. The molecule has 2 atom stereocenters. The number of aliphatic hydroxyl groups excluding tert-OH is 1. The number of imidazole rings is 1. The highest BCUT2D eigenvalue weighted by atomic mass is 35.5. The molecule has 0 aliphatic carbocycles. The number of nitrogens with one attached hydrogen (secondary N) is 1. The number of aryl methyl sites for hydroxylation is 2. The number of fused-ring (bicyclic) bond motifs is 1. The van der Waals surface area contributed by atoms with Crippen molar-refractivity contribution in [2.75, 3.05) is 0 Å². The van der Waals surface area contributed by atoms with Crippen molar-refractivity contribution < 1.29 is 5.11 Å². The molecule has 2 N–H and O–H groups in total. The molecule has 3 rings (SSSR count). The molecule has 0 radical (unpaired) electrons. The van der Waals surface area contributed by atoms with E-state index in [0.717, 1.165) is 22.6 Å². The van der Waals surface area contributed by atoms with E-state index in [0.29, 0.717) is 17.3 Å². The summed E-state index contributed by atoms with van der Waals surface area (Å²) in [7, 11) is 0. The largest absolute Gasteiger partial charge is 0.387 e. The monoisotopic (exact) mass is 344 g/mol. The number of halogens is 1. The molecule has 0 fully saturated rings. The van der Waals surface area contributed by atoms with E-state index in [1.54, 1.807) is 12.1 Å². The van der Waals surface area contributed by atoms with E-state index in [1.165, 1.54) is 0 Å². The van der Waals surface area contributed by atoms with Gasteiger partial charge in [0.25, 0.3) is 0 Å². The van der Waals surface area contributed by atoms with Crippen molar-refractivity contribution in [2.45, 2.75) is 39.5 Å². The van der Waals surface area contributed by atoms with Crippen molar-refractivity contribution >= 4 is 17.4 Å². The van der Waals surface area contributed by atoms with Gasteiger partial charge in [-0.05, 0) is 44.5 Å². The molecule has 0 aliphatic heterocycles. The van der Waals surface area contributed by atoms with Gasteiger partial charge in [-0.15, -0.1) is 0 Å². The first-order chi connectivity index (χ1) is 11.5. The first-order valence-corrected chi connectivity index (χ1v) is 8.31. The highest BCUT2D eigenvalue weighted by Crippen LogP contribution is 2.19. The molecule has 0 aliphatic rings. The van der Waals surface area contributed by atoms with Crippen LogP contribution in [-0.2, 0) is 6.54 Å². The number of hydrogen-bond donors (Lipinski definition) is 2. The van der Waals surface area contributed by atoms with Crippen LogP contribution in [0.2, 0.25) is 5.02 Å². The van der Waals surface area contributed by atoms with Crippen LogP contribution >= 0.6 is 11.6 Å². The molecule has 126 valence electrons. The van der Waals surface area contributed by atoms with Crippen molar-refractivity contribution in [3.05, 3.63) is 64.2 Å². The Kier molecular flexibility index (Phi) is 4.85. The lowest BCUT2D eigenvalue weighted by molar-refractivity contribution is 0.135. The molecular formula is C18H21ClN4O. The Morgan fingerprint density at radius 2 is 1.96 bits per heavy atom. The molecule has 6 heteroatoms. The van der Waals surface area contributed by atoms with E-state index in [9.17, 15) is 5.11 Å². The third-order valence-corrected chi connectivity index (χ3v) is 4.41. The molecule has 2 unspecified atom stereocenters. The number of hydrogen-bond acceptors (Lipinski definition) is 4. The van der Waals surface area contributed by atoms with Gasteiger partial charge in [-0.1, -0.05) is 23.7 Å². The van der Waals surface area contributed by atoms with Gasteiger partial charge >= 0.3 is 0 Å². The average Bonchev–Trinajstić information content (AvgIpc) is 2.95. The Bertz CT molecular complexity index is 844. The predicted octanol–water partition coefficient (Wildman–Crippen LogP) is 3.21. The molecule has 0 saturated heterocycles. The number of rotatable bonds is 5. The van der Waals surface area contributed by atoms with Gasteiger partial charge in [0, 0.05) is 29.0 Å². The lowest BCUT2D eigenvalue weighted by Crippen LogP contribution is -2.32. The second kappa shape index (κ2) is 6.89. The summed E-state index contributed by atoms with van der Waals surface area (Å²) in [4.78, 5) is 8.80. The van der Waals surface area contributed by atoms with Crippen molar-refractivity contribution in [3.63, 3.8) is 0 Å². The molecule has 0 amide bonds. The van der Waals surface area contributed by atoms with Crippen LogP contribution < -0.4 is 5.32 Å². The van der Waals surface area contributed by atoms with E-state index >= 15 is 0 Å². The van der Waals surface area contributed by atoms with Crippen molar-refractivity contribution in [1.82, 2.24) is 19.7 Å². The lowest BCUT2D eigenvalue weighted by Gasteiger charge is -2.21.